The number of ether oxygens (including phenoxy) is 3. The second-order valence-electron chi connectivity index (χ2n) is 5.08. The summed E-state index contributed by atoms with van der Waals surface area (Å²) >= 11 is 0. The van der Waals surface area contributed by atoms with Gasteiger partial charge in [0.1, 0.15) is 0 Å². The van der Waals surface area contributed by atoms with Crippen molar-refractivity contribution in [2.75, 3.05) is 21.3 Å². The number of carboxylic acids is 1. The third kappa shape index (κ3) is 4.20. The Morgan fingerprint density at radius 2 is 1.48 bits per heavy atom. The summed E-state index contributed by atoms with van der Waals surface area (Å²) in [5, 5.41) is 13.5. The molecular formula is C18H18NO6-. The van der Waals surface area contributed by atoms with E-state index in [0.717, 1.165) is 5.56 Å². The van der Waals surface area contributed by atoms with Crippen LogP contribution in [0.15, 0.2) is 36.4 Å². The third-order valence-corrected chi connectivity index (χ3v) is 3.57. The number of rotatable bonds is 7. The first-order chi connectivity index (χ1) is 12.0. The lowest BCUT2D eigenvalue weighted by Crippen LogP contribution is -2.24. The van der Waals surface area contributed by atoms with Gasteiger partial charge in [-0.3, -0.25) is 4.79 Å². The van der Waals surface area contributed by atoms with Crippen molar-refractivity contribution in [1.29, 1.82) is 0 Å². The topological polar surface area (TPSA) is 96.9 Å². The van der Waals surface area contributed by atoms with Crippen LogP contribution >= 0.6 is 0 Å². The van der Waals surface area contributed by atoms with Gasteiger partial charge in [0.2, 0.25) is 5.75 Å². The van der Waals surface area contributed by atoms with Crippen molar-refractivity contribution in [2.24, 2.45) is 0 Å². The maximum absolute atomic E-state index is 12.4. The lowest BCUT2D eigenvalue weighted by atomic mass is 10.1. The van der Waals surface area contributed by atoms with Crippen molar-refractivity contribution in [3.63, 3.8) is 0 Å². The number of hydrogen-bond acceptors (Lipinski definition) is 6. The summed E-state index contributed by atoms with van der Waals surface area (Å²) in [6, 6.07) is 9.18. The van der Waals surface area contributed by atoms with E-state index in [1.807, 2.05) is 0 Å². The maximum Gasteiger partial charge on any atom is 0.251 e. The van der Waals surface area contributed by atoms with E-state index >= 15 is 0 Å². The van der Waals surface area contributed by atoms with E-state index in [4.69, 9.17) is 14.2 Å². The zero-order chi connectivity index (χ0) is 18.4. The van der Waals surface area contributed by atoms with Crippen molar-refractivity contribution >= 4 is 11.9 Å². The average Bonchev–Trinajstić information content (AvgIpc) is 2.64. The summed E-state index contributed by atoms with van der Waals surface area (Å²) in [4.78, 5) is 23.1. The highest BCUT2D eigenvalue weighted by Crippen LogP contribution is 2.38. The van der Waals surface area contributed by atoms with Crippen LogP contribution in [0.4, 0.5) is 0 Å². The van der Waals surface area contributed by atoms with E-state index in [1.54, 1.807) is 24.3 Å². The SMILES string of the molecule is COc1cc(C(=O)NCc2ccc(C(=O)[O-])cc2)cc(OC)c1OC. The zero-order valence-electron chi connectivity index (χ0n) is 14.1. The molecular weight excluding hydrogens is 326 g/mol. The van der Waals surface area contributed by atoms with Gasteiger partial charge in [0.25, 0.3) is 5.91 Å². The highest BCUT2D eigenvalue weighted by molar-refractivity contribution is 5.95. The summed E-state index contributed by atoms with van der Waals surface area (Å²) in [6.45, 7) is 0.239. The van der Waals surface area contributed by atoms with Crippen molar-refractivity contribution < 1.29 is 28.9 Å². The van der Waals surface area contributed by atoms with Crippen LogP contribution in [0.25, 0.3) is 0 Å². The molecule has 0 bridgehead atoms. The Labute approximate surface area is 145 Å². The Bertz CT molecular complexity index is 745. The summed E-state index contributed by atoms with van der Waals surface area (Å²) in [7, 11) is 4.42. The largest absolute Gasteiger partial charge is 0.545 e. The number of carbonyl (C=O) groups excluding carboxylic acids is 2. The number of carbonyl (C=O) groups is 2. The monoisotopic (exact) mass is 344 g/mol. The molecule has 1 amide bonds. The predicted molar refractivity (Wildman–Crippen MR) is 88.0 cm³/mol. The van der Waals surface area contributed by atoms with Gasteiger partial charge in [-0.1, -0.05) is 24.3 Å². The minimum absolute atomic E-state index is 0.0831. The molecule has 0 spiro atoms. The second kappa shape index (κ2) is 8.05. The number of carboxylic acid groups (broad SMARTS) is 1. The molecule has 2 aromatic carbocycles. The van der Waals surface area contributed by atoms with Crippen molar-refractivity contribution in [3.05, 3.63) is 53.1 Å². The van der Waals surface area contributed by atoms with E-state index in [0.29, 0.717) is 22.8 Å². The van der Waals surface area contributed by atoms with Crippen molar-refractivity contribution in [3.8, 4) is 17.2 Å². The molecule has 2 rings (SSSR count). The number of amides is 1. The Morgan fingerprint density at radius 1 is 0.920 bits per heavy atom. The Morgan fingerprint density at radius 3 is 1.92 bits per heavy atom. The third-order valence-electron chi connectivity index (χ3n) is 3.57. The van der Waals surface area contributed by atoms with Crippen molar-refractivity contribution in [2.45, 2.75) is 6.54 Å². The van der Waals surface area contributed by atoms with E-state index in [1.165, 1.54) is 33.5 Å². The van der Waals surface area contributed by atoms with Crippen LogP contribution in [-0.2, 0) is 6.54 Å². The van der Waals surface area contributed by atoms with Gasteiger partial charge in [-0.2, -0.15) is 0 Å². The number of benzene rings is 2. The fraction of sp³-hybridized carbons (Fsp3) is 0.222. The van der Waals surface area contributed by atoms with Gasteiger partial charge in [0.05, 0.1) is 27.3 Å². The first-order valence-electron chi connectivity index (χ1n) is 7.38. The zero-order valence-corrected chi connectivity index (χ0v) is 14.1. The normalized spacial score (nSPS) is 10.0. The molecule has 7 heteroatoms. The Balaban J connectivity index is 2.13. The molecule has 25 heavy (non-hydrogen) atoms. The summed E-state index contributed by atoms with van der Waals surface area (Å²) in [5.41, 5.74) is 1.19. The van der Waals surface area contributed by atoms with Crippen LogP contribution in [0.1, 0.15) is 26.3 Å². The quantitative estimate of drug-likeness (QED) is 0.805. The van der Waals surface area contributed by atoms with Gasteiger partial charge < -0.3 is 29.4 Å². The molecule has 0 saturated carbocycles. The lowest BCUT2D eigenvalue weighted by Gasteiger charge is -2.14. The smallest absolute Gasteiger partial charge is 0.251 e. The Hall–Kier alpha value is -3.22. The van der Waals surface area contributed by atoms with Crippen LogP contribution in [0.3, 0.4) is 0 Å². The molecule has 0 aliphatic heterocycles. The predicted octanol–water partition coefficient (Wildman–Crippen LogP) is 1.01. The fourth-order valence-corrected chi connectivity index (χ4v) is 2.26. The van der Waals surface area contributed by atoms with Crippen LogP contribution in [-0.4, -0.2) is 33.2 Å². The first-order valence-corrected chi connectivity index (χ1v) is 7.38. The molecule has 0 aliphatic carbocycles. The molecule has 0 aliphatic rings. The molecule has 7 nitrogen and oxygen atoms in total. The van der Waals surface area contributed by atoms with Crippen molar-refractivity contribution in [1.82, 2.24) is 5.32 Å². The van der Waals surface area contributed by atoms with E-state index in [9.17, 15) is 14.7 Å². The molecule has 0 saturated heterocycles. The number of aromatic carboxylic acids is 1. The van der Waals surface area contributed by atoms with Gasteiger partial charge in [-0.15, -0.1) is 0 Å². The first kappa shape index (κ1) is 18.1. The molecule has 1 N–H and O–H groups in total. The van der Waals surface area contributed by atoms with Crippen LogP contribution in [0.5, 0.6) is 17.2 Å². The van der Waals surface area contributed by atoms with Crippen LogP contribution in [0, 0.1) is 0 Å². The standard InChI is InChI=1S/C18H19NO6/c1-23-14-8-13(9-15(24-2)16(14)25-3)17(20)19-10-11-4-6-12(7-5-11)18(21)22/h4-9H,10H2,1-3H3,(H,19,20)(H,21,22)/p-1. The van der Waals surface area contributed by atoms with Gasteiger partial charge in [0.15, 0.2) is 11.5 Å². The maximum atomic E-state index is 12.4. The minimum atomic E-state index is -1.24. The van der Waals surface area contributed by atoms with E-state index in [-0.39, 0.29) is 18.0 Å². The fourth-order valence-electron chi connectivity index (χ4n) is 2.26. The molecule has 0 heterocycles. The highest BCUT2D eigenvalue weighted by Gasteiger charge is 2.16. The van der Waals surface area contributed by atoms with Crippen LogP contribution < -0.4 is 24.6 Å². The minimum Gasteiger partial charge on any atom is -0.545 e. The van der Waals surface area contributed by atoms with Gasteiger partial charge in [-0.25, -0.2) is 0 Å². The van der Waals surface area contributed by atoms with Crippen LogP contribution in [0.2, 0.25) is 0 Å². The summed E-state index contributed by atoms with van der Waals surface area (Å²) in [5.74, 6) is -0.411. The molecule has 0 fully saturated rings. The second-order valence-corrected chi connectivity index (χ2v) is 5.08. The number of hydrogen-bond donors (Lipinski definition) is 1. The Kier molecular flexibility index (Phi) is 5.84. The molecule has 0 unspecified atom stereocenters. The highest BCUT2D eigenvalue weighted by atomic mass is 16.5. The molecule has 132 valence electrons. The van der Waals surface area contributed by atoms with Gasteiger partial charge >= 0.3 is 0 Å². The van der Waals surface area contributed by atoms with Gasteiger partial charge in [0, 0.05) is 12.1 Å². The summed E-state index contributed by atoms with van der Waals surface area (Å²) < 4.78 is 15.7. The summed E-state index contributed by atoms with van der Waals surface area (Å²) in [6.07, 6.45) is 0. The molecule has 2 aromatic rings. The average molecular weight is 344 g/mol. The van der Waals surface area contributed by atoms with E-state index < -0.39 is 5.97 Å². The number of methoxy groups -OCH3 is 3. The number of nitrogens with one attached hydrogen (secondary N) is 1. The van der Waals surface area contributed by atoms with E-state index in [2.05, 4.69) is 5.32 Å². The molecule has 0 aromatic heterocycles. The molecule has 0 atom stereocenters. The van der Waals surface area contributed by atoms with Gasteiger partial charge in [-0.05, 0) is 23.3 Å². The lowest BCUT2D eigenvalue weighted by molar-refractivity contribution is -0.255. The molecule has 0 radical (unpaired) electrons.